The smallest absolute Gasteiger partial charge is 0.381 e. The van der Waals surface area contributed by atoms with E-state index in [1.54, 1.807) is 0 Å². The summed E-state index contributed by atoms with van der Waals surface area (Å²) < 4.78 is 4.26. The maximum absolute atomic E-state index is 10.8. The number of ether oxygens (including phenoxy) is 1. The topological polar surface area (TPSA) is 69.4 Å². The van der Waals surface area contributed by atoms with E-state index in [0.717, 1.165) is 7.11 Å². The Labute approximate surface area is 70.2 Å². The van der Waals surface area contributed by atoms with Crippen molar-refractivity contribution in [2.45, 2.75) is 18.9 Å². The van der Waals surface area contributed by atoms with E-state index >= 15 is 0 Å². The fraction of sp³-hybridized carbons (Fsp3) is 0.571. The molecule has 12 heavy (non-hydrogen) atoms. The van der Waals surface area contributed by atoms with Gasteiger partial charge in [0.15, 0.2) is 0 Å². The molecule has 1 atom stereocenters. The van der Waals surface area contributed by atoms with E-state index in [4.69, 9.17) is 0 Å². The number of rotatable bonds is 5. The van der Waals surface area contributed by atoms with Crippen LogP contribution in [0, 0.1) is 10.1 Å². The number of hydrogen-bond donors (Lipinski definition) is 0. The SMILES string of the molecule is C=CCCC(C(=O)OC)[N+](=O)[O-]. The quantitative estimate of drug-likeness (QED) is 0.266. The highest BCUT2D eigenvalue weighted by molar-refractivity contribution is 5.74. The molecule has 0 aromatic carbocycles. The Morgan fingerprint density at radius 3 is 2.75 bits per heavy atom. The number of methoxy groups -OCH3 is 1. The third-order valence-corrected chi connectivity index (χ3v) is 1.37. The number of carbonyl (C=O) groups excluding carboxylic acids is 1. The molecule has 0 radical (unpaired) electrons. The van der Waals surface area contributed by atoms with Crippen molar-refractivity contribution in [3.8, 4) is 0 Å². The molecule has 1 unspecified atom stereocenters. The summed E-state index contributed by atoms with van der Waals surface area (Å²) in [4.78, 5) is 20.4. The second-order valence-corrected chi connectivity index (χ2v) is 2.19. The van der Waals surface area contributed by atoms with Crippen LogP contribution in [0.2, 0.25) is 0 Å². The zero-order chi connectivity index (χ0) is 9.56. The monoisotopic (exact) mass is 173 g/mol. The lowest BCUT2D eigenvalue weighted by Gasteiger charge is -2.04. The lowest BCUT2D eigenvalue weighted by atomic mass is 10.2. The number of allylic oxidation sites excluding steroid dienone is 1. The first-order valence-corrected chi connectivity index (χ1v) is 3.45. The molecule has 0 amide bonds. The fourth-order valence-electron chi connectivity index (χ4n) is 0.721. The number of nitrogens with zero attached hydrogens (tertiary/aromatic N) is 1. The Kier molecular flexibility index (Phi) is 4.67. The lowest BCUT2D eigenvalue weighted by molar-refractivity contribution is -0.511. The highest BCUT2D eigenvalue weighted by atomic mass is 16.6. The van der Waals surface area contributed by atoms with Crippen molar-refractivity contribution in [2.24, 2.45) is 0 Å². The largest absolute Gasteiger partial charge is 0.464 e. The second-order valence-electron chi connectivity index (χ2n) is 2.19. The Balaban J connectivity index is 4.12. The molecule has 0 fully saturated rings. The molecule has 5 heteroatoms. The number of esters is 1. The van der Waals surface area contributed by atoms with Crippen LogP contribution in [0.4, 0.5) is 0 Å². The molecule has 0 bridgehead atoms. The third kappa shape index (κ3) is 3.14. The molecular formula is C7H11NO4. The Morgan fingerprint density at radius 1 is 1.83 bits per heavy atom. The summed E-state index contributed by atoms with van der Waals surface area (Å²) >= 11 is 0. The molecule has 0 saturated carbocycles. The van der Waals surface area contributed by atoms with Crippen molar-refractivity contribution < 1.29 is 14.5 Å². The van der Waals surface area contributed by atoms with Crippen LogP contribution < -0.4 is 0 Å². The molecule has 0 aliphatic carbocycles. The van der Waals surface area contributed by atoms with Crippen molar-refractivity contribution in [1.82, 2.24) is 0 Å². The van der Waals surface area contributed by atoms with E-state index in [1.165, 1.54) is 6.08 Å². The molecule has 68 valence electrons. The van der Waals surface area contributed by atoms with Gasteiger partial charge in [-0.3, -0.25) is 10.1 Å². The Bertz CT molecular complexity index is 190. The van der Waals surface area contributed by atoms with Gasteiger partial charge in [0.25, 0.3) is 0 Å². The number of nitro groups is 1. The fourth-order valence-corrected chi connectivity index (χ4v) is 0.721. The van der Waals surface area contributed by atoms with Gasteiger partial charge in [-0.25, -0.2) is 4.79 Å². The molecule has 0 aliphatic heterocycles. The van der Waals surface area contributed by atoms with Gasteiger partial charge >= 0.3 is 12.0 Å². The second kappa shape index (κ2) is 5.29. The first-order valence-electron chi connectivity index (χ1n) is 3.45. The van der Waals surface area contributed by atoms with Gasteiger partial charge in [-0.2, -0.15) is 0 Å². The van der Waals surface area contributed by atoms with Crippen molar-refractivity contribution in [3.63, 3.8) is 0 Å². The predicted octanol–water partition coefficient (Wildman–Crippen LogP) is 0.771. The minimum Gasteiger partial charge on any atom is -0.464 e. The van der Waals surface area contributed by atoms with E-state index in [0.29, 0.717) is 6.42 Å². The van der Waals surface area contributed by atoms with Crippen molar-refractivity contribution >= 4 is 5.97 Å². The zero-order valence-electron chi connectivity index (χ0n) is 6.86. The molecule has 0 N–H and O–H groups in total. The maximum Gasteiger partial charge on any atom is 0.381 e. The summed E-state index contributed by atoms with van der Waals surface area (Å²) in [5, 5.41) is 10.3. The predicted molar refractivity (Wildman–Crippen MR) is 42.2 cm³/mol. The average molecular weight is 173 g/mol. The van der Waals surface area contributed by atoms with Gasteiger partial charge in [0.2, 0.25) is 0 Å². The van der Waals surface area contributed by atoms with Crippen molar-refractivity contribution in [1.29, 1.82) is 0 Å². The van der Waals surface area contributed by atoms with Crippen LogP contribution in [0.15, 0.2) is 12.7 Å². The highest BCUT2D eigenvalue weighted by Gasteiger charge is 2.29. The third-order valence-electron chi connectivity index (χ3n) is 1.37. The molecule has 0 spiro atoms. The Hall–Kier alpha value is -1.39. The standard InChI is InChI=1S/C7H11NO4/c1-3-4-5-6(8(10)11)7(9)12-2/h3,6H,1,4-5H2,2H3. The number of carbonyl (C=O) groups is 1. The molecular weight excluding hydrogens is 162 g/mol. The van der Waals surface area contributed by atoms with Crippen LogP contribution in [0.1, 0.15) is 12.8 Å². The van der Waals surface area contributed by atoms with Crippen LogP contribution in [0.5, 0.6) is 0 Å². The van der Waals surface area contributed by atoms with E-state index in [1.807, 2.05) is 0 Å². The minimum absolute atomic E-state index is 0.142. The van der Waals surface area contributed by atoms with Crippen LogP contribution in [0.3, 0.4) is 0 Å². The van der Waals surface area contributed by atoms with Crippen LogP contribution in [-0.4, -0.2) is 24.0 Å². The summed E-state index contributed by atoms with van der Waals surface area (Å²) in [6.07, 6.45) is 2.10. The van der Waals surface area contributed by atoms with Gasteiger partial charge in [0.05, 0.1) is 7.11 Å². The number of hydrogen-bond acceptors (Lipinski definition) is 4. The zero-order valence-corrected chi connectivity index (χ0v) is 6.86. The summed E-state index contributed by atoms with van der Waals surface area (Å²) in [5.74, 6) is -0.804. The average Bonchev–Trinajstić information content (AvgIpc) is 2.04. The van der Waals surface area contributed by atoms with Gasteiger partial charge in [0, 0.05) is 11.3 Å². The summed E-state index contributed by atoms with van der Waals surface area (Å²) in [6, 6.07) is -1.26. The van der Waals surface area contributed by atoms with E-state index < -0.39 is 16.9 Å². The summed E-state index contributed by atoms with van der Waals surface area (Å²) in [5.41, 5.74) is 0. The maximum atomic E-state index is 10.8. The molecule has 5 nitrogen and oxygen atoms in total. The molecule has 0 saturated heterocycles. The molecule has 0 aromatic rings. The van der Waals surface area contributed by atoms with Crippen LogP contribution in [0.25, 0.3) is 0 Å². The van der Waals surface area contributed by atoms with Crippen LogP contribution in [-0.2, 0) is 9.53 Å². The Morgan fingerprint density at radius 2 is 2.42 bits per heavy atom. The van der Waals surface area contributed by atoms with Crippen molar-refractivity contribution in [2.75, 3.05) is 7.11 Å². The minimum atomic E-state index is -1.26. The van der Waals surface area contributed by atoms with Gasteiger partial charge in [-0.15, -0.1) is 6.58 Å². The van der Waals surface area contributed by atoms with E-state index in [9.17, 15) is 14.9 Å². The lowest BCUT2D eigenvalue weighted by Crippen LogP contribution is -2.30. The molecule has 0 aromatic heterocycles. The first-order chi connectivity index (χ1) is 5.63. The molecule has 0 aliphatic rings. The van der Waals surface area contributed by atoms with Gasteiger partial charge in [-0.1, -0.05) is 6.08 Å². The van der Waals surface area contributed by atoms with Crippen LogP contribution >= 0.6 is 0 Å². The summed E-state index contributed by atoms with van der Waals surface area (Å²) in [6.45, 7) is 3.40. The molecule has 0 heterocycles. The first kappa shape index (κ1) is 10.6. The summed E-state index contributed by atoms with van der Waals surface area (Å²) in [7, 11) is 1.13. The van der Waals surface area contributed by atoms with E-state index in [2.05, 4.69) is 11.3 Å². The van der Waals surface area contributed by atoms with Gasteiger partial charge in [-0.05, 0) is 6.42 Å². The van der Waals surface area contributed by atoms with Gasteiger partial charge < -0.3 is 4.74 Å². The van der Waals surface area contributed by atoms with E-state index in [-0.39, 0.29) is 6.42 Å². The normalized spacial score (nSPS) is 11.8. The van der Waals surface area contributed by atoms with Gasteiger partial charge in [0.1, 0.15) is 0 Å². The highest BCUT2D eigenvalue weighted by Crippen LogP contribution is 2.03. The van der Waals surface area contributed by atoms with Crippen molar-refractivity contribution in [3.05, 3.63) is 22.8 Å². The molecule has 0 rings (SSSR count).